The molecule has 150 valence electrons. The molecule has 1 fully saturated rings. The van der Waals surface area contributed by atoms with Crippen LogP contribution in [0.15, 0.2) is 42.5 Å². The number of halogens is 2. The zero-order valence-corrected chi connectivity index (χ0v) is 16.7. The average Bonchev–Trinajstić information content (AvgIpc) is 2.67. The highest BCUT2D eigenvalue weighted by Gasteiger charge is 2.13. The fourth-order valence-corrected chi connectivity index (χ4v) is 3.39. The van der Waals surface area contributed by atoms with Crippen LogP contribution in [-0.2, 0) is 22.6 Å². The number of ether oxygens (including phenoxy) is 1. The van der Waals surface area contributed by atoms with Crippen LogP contribution < -0.4 is 5.32 Å². The number of likely N-dealkylation sites (N-methyl/N-ethyl adjacent to an activating group) is 1. The molecule has 28 heavy (non-hydrogen) atoms. The molecular weight excluding hydrogens is 381 g/mol. The van der Waals surface area contributed by atoms with Crippen LogP contribution in [0.3, 0.4) is 0 Å². The Bertz CT molecular complexity index is 774. The molecule has 1 heterocycles. The number of rotatable bonds is 7. The van der Waals surface area contributed by atoms with Gasteiger partial charge in [-0.1, -0.05) is 29.8 Å². The first-order chi connectivity index (χ1) is 13.5. The van der Waals surface area contributed by atoms with Crippen LogP contribution in [0.2, 0.25) is 5.02 Å². The Morgan fingerprint density at radius 2 is 1.93 bits per heavy atom. The first kappa shape index (κ1) is 20.7. The van der Waals surface area contributed by atoms with Gasteiger partial charge in [0.1, 0.15) is 5.82 Å². The topological polar surface area (TPSA) is 44.8 Å². The second-order valence-corrected chi connectivity index (χ2v) is 7.41. The maximum atomic E-state index is 13.9. The summed E-state index contributed by atoms with van der Waals surface area (Å²) in [5.74, 6) is -0.522. The Labute approximate surface area is 170 Å². The van der Waals surface area contributed by atoms with E-state index in [0.29, 0.717) is 10.6 Å². The predicted molar refractivity (Wildman–Crippen MR) is 109 cm³/mol. The number of amides is 1. The minimum atomic E-state index is -0.365. The first-order valence-electron chi connectivity index (χ1n) is 9.31. The second kappa shape index (κ2) is 9.98. The number of hydrogen-bond acceptors (Lipinski definition) is 4. The molecule has 1 N–H and O–H groups in total. The molecule has 1 aliphatic heterocycles. The fourth-order valence-electron chi connectivity index (χ4n) is 3.17. The summed E-state index contributed by atoms with van der Waals surface area (Å²) < 4.78 is 19.2. The molecule has 0 atom stereocenters. The standard InChI is InChI=1S/C21H25ClFN3O2/c1-25(14-18-19(22)3-2-4-20(18)23)15-21(27)24-17-7-5-16(6-8-17)13-26-9-11-28-12-10-26/h2-8H,9-15H2,1H3,(H,24,27). The van der Waals surface area contributed by atoms with Crippen LogP contribution in [0.25, 0.3) is 0 Å². The van der Waals surface area contributed by atoms with Gasteiger partial charge in [-0.05, 0) is 36.9 Å². The van der Waals surface area contributed by atoms with Gasteiger partial charge in [-0.3, -0.25) is 14.6 Å². The van der Waals surface area contributed by atoms with E-state index >= 15 is 0 Å². The maximum Gasteiger partial charge on any atom is 0.238 e. The van der Waals surface area contributed by atoms with Crippen LogP contribution in [0, 0.1) is 5.82 Å². The molecule has 0 aromatic heterocycles. The number of hydrogen-bond donors (Lipinski definition) is 1. The molecule has 5 nitrogen and oxygen atoms in total. The van der Waals surface area contributed by atoms with Gasteiger partial charge >= 0.3 is 0 Å². The lowest BCUT2D eigenvalue weighted by Gasteiger charge is -2.26. The van der Waals surface area contributed by atoms with Gasteiger partial charge in [-0.2, -0.15) is 0 Å². The quantitative estimate of drug-likeness (QED) is 0.767. The molecule has 0 radical (unpaired) electrons. The van der Waals surface area contributed by atoms with Crippen molar-refractivity contribution in [1.82, 2.24) is 9.80 Å². The summed E-state index contributed by atoms with van der Waals surface area (Å²) >= 11 is 6.05. The van der Waals surface area contributed by atoms with Crippen LogP contribution in [0.5, 0.6) is 0 Å². The third-order valence-electron chi connectivity index (χ3n) is 4.65. The number of nitrogens with one attached hydrogen (secondary N) is 1. The molecule has 0 aliphatic carbocycles. The summed E-state index contributed by atoms with van der Waals surface area (Å²) in [7, 11) is 1.76. The molecule has 7 heteroatoms. The molecule has 2 aromatic rings. The fraction of sp³-hybridized carbons (Fsp3) is 0.381. The highest BCUT2D eigenvalue weighted by atomic mass is 35.5. The van der Waals surface area contributed by atoms with E-state index in [2.05, 4.69) is 10.2 Å². The van der Waals surface area contributed by atoms with Gasteiger partial charge in [0.15, 0.2) is 0 Å². The largest absolute Gasteiger partial charge is 0.379 e. The summed E-state index contributed by atoms with van der Waals surface area (Å²) in [6.07, 6.45) is 0. The van der Waals surface area contributed by atoms with Gasteiger partial charge in [0, 0.05) is 42.5 Å². The Hall–Kier alpha value is -1.99. The smallest absolute Gasteiger partial charge is 0.238 e. The van der Waals surface area contributed by atoms with Crippen molar-refractivity contribution in [2.75, 3.05) is 45.2 Å². The van der Waals surface area contributed by atoms with Crippen molar-refractivity contribution in [3.8, 4) is 0 Å². The average molecular weight is 406 g/mol. The lowest BCUT2D eigenvalue weighted by molar-refractivity contribution is -0.117. The van der Waals surface area contributed by atoms with Crippen molar-refractivity contribution < 1.29 is 13.9 Å². The van der Waals surface area contributed by atoms with Crippen molar-refractivity contribution in [3.05, 3.63) is 64.4 Å². The number of carbonyl (C=O) groups excluding carboxylic acids is 1. The number of carbonyl (C=O) groups is 1. The van der Waals surface area contributed by atoms with E-state index in [9.17, 15) is 9.18 Å². The number of morpholine rings is 1. The summed E-state index contributed by atoms with van der Waals surface area (Å²) in [5.41, 5.74) is 2.34. The summed E-state index contributed by atoms with van der Waals surface area (Å²) in [4.78, 5) is 16.4. The van der Waals surface area contributed by atoms with Crippen molar-refractivity contribution in [2.24, 2.45) is 0 Å². The van der Waals surface area contributed by atoms with Crippen molar-refractivity contribution >= 4 is 23.2 Å². The zero-order valence-electron chi connectivity index (χ0n) is 16.0. The van der Waals surface area contributed by atoms with Crippen LogP contribution in [-0.4, -0.2) is 55.6 Å². The molecule has 0 unspecified atom stereocenters. The van der Waals surface area contributed by atoms with Gasteiger partial charge < -0.3 is 10.1 Å². The predicted octanol–water partition coefficient (Wildman–Crippen LogP) is 3.38. The van der Waals surface area contributed by atoms with Gasteiger partial charge in [0.2, 0.25) is 5.91 Å². The van der Waals surface area contributed by atoms with Crippen molar-refractivity contribution in [1.29, 1.82) is 0 Å². The number of benzene rings is 2. The Balaban J connectivity index is 1.48. The Morgan fingerprint density at radius 3 is 2.61 bits per heavy atom. The van der Waals surface area contributed by atoms with E-state index in [1.807, 2.05) is 24.3 Å². The van der Waals surface area contributed by atoms with E-state index in [4.69, 9.17) is 16.3 Å². The molecule has 0 spiro atoms. The molecule has 1 amide bonds. The van der Waals surface area contributed by atoms with E-state index in [1.54, 1.807) is 24.1 Å². The highest BCUT2D eigenvalue weighted by molar-refractivity contribution is 6.31. The monoisotopic (exact) mass is 405 g/mol. The van der Waals surface area contributed by atoms with Gasteiger partial charge in [-0.15, -0.1) is 0 Å². The minimum absolute atomic E-state index is 0.139. The summed E-state index contributed by atoms with van der Waals surface area (Å²) in [5, 5.41) is 3.24. The molecular formula is C21H25ClFN3O2. The van der Waals surface area contributed by atoms with E-state index in [0.717, 1.165) is 38.5 Å². The summed E-state index contributed by atoms with van der Waals surface area (Å²) in [6, 6.07) is 12.4. The maximum absolute atomic E-state index is 13.9. The summed E-state index contributed by atoms with van der Waals surface area (Å²) in [6.45, 7) is 4.72. The zero-order chi connectivity index (χ0) is 19.9. The first-order valence-corrected chi connectivity index (χ1v) is 9.69. The Kier molecular flexibility index (Phi) is 7.39. The number of nitrogens with zero attached hydrogens (tertiary/aromatic N) is 2. The van der Waals surface area contributed by atoms with E-state index < -0.39 is 0 Å². The van der Waals surface area contributed by atoms with Gasteiger partial charge in [0.25, 0.3) is 0 Å². The highest BCUT2D eigenvalue weighted by Crippen LogP contribution is 2.20. The number of anilines is 1. The normalized spacial score (nSPS) is 15.0. The SMILES string of the molecule is CN(CC(=O)Nc1ccc(CN2CCOCC2)cc1)Cc1c(F)cccc1Cl. The van der Waals surface area contributed by atoms with E-state index in [-0.39, 0.29) is 24.8 Å². The molecule has 1 saturated heterocycles. The molecule has 2 aromatic carbocycles. The third-order valence-corrected chi connectivity index (χ3v) is 5.00. The van der Waals surface area contributed by atoms with Crippen LogP contribution in [0.4, 0.5) is 10.1 Å². The second-order valence-electron chi connectivity index (χ2n) is 7.01. The molecule has 0 saturated carbocycles. The molecule has 3 rings (SSSR count). The van der Waals surface area contributed by atoms with Gasteiger partial charge in [0.05, 0.1) is 19.8 Å². The van der Waals surface area contributed by atoms with Crippen LogP contribution >= 0.6 is 11.6 Å². The van der Waals surface area contributed by atoms with Crippen LogP contribution in [0.1, 0.15) is 11.1 Å². The Morgan fingerprint density at radius 1 is 1.21 bits per heavy atom. The van der Waals surface area contributed by atoms with Crippen molar-refractivity contribution in [3.63, 3.8) is 0 Å². The lowest BCUT2D eigenvalue weighted by atomic mass is 10.2. The van der Waals surface area contributed by atoms with Crippen molar-refractivity contribution in [2.45, 2.75) is 13.1 Å². The van der Waals surface area contributed by atoms with E-state index in [1.165, 1.54) is 11.6 Å². The molecule has 1 aliphatic rings. The minimum Gasteiger partial charge on any atom is -0.379 e. The molecule has 0 bridgehead atoms. The lowest BCUT2D eigenvalue weighted by Crippen LogP contribution is -2.35. The van der Waals surface area contributed by atoms with Gasteiger partial charge in [-0.25, -0.2) is 4.39 Å². The third kappa shape index (κ3) is 6.01.